The van der Waals surface area contributed by atoms with Crippen molar-refractivity contribution in [2.45, 2.75) is 24.8 Å². The van der Waals surface area contributed by atoms with Gasteiger partial charge in [0, 0.05) is 17.0 Å². The molecule has 0 bridgehead atoms. The molecule has 1 aromatic carbocycles. The van der Waals surface area contributed by atoms with E-state index in [-0.39, 0.29) is 18.1 Å². The van der Waals surface area contributed by atoms with Gasteiger partial charge in [0.25, 0.3) is 5.91 Å². The summed E-state index contributed by atoms with van der Waals surface area (Å²) in [6.07, 6.45) is 3.10. The molecule has 22 heavy (non-hydrogen) atoms. The number of carboxylic acid groups (broad SMARTS) is 1. The minimum Gasteiger partial charge on any atom is -0.481 e. The molecule has 0 spiro atoms. The molecule has 0 aliphatic heterocycles. The van der Waals surface area contributed by atoms with Crippen molar-refractivity contribution in [1.82, 2.24) is 5.32 Å². The summed E-state index contributed by atoms with van der Waals surface area (Å²) >= 11 is 1.65. The van der Waals surface area contributed by atoms with Crippen LogP contribution in [-0.4, -0.2) is 23.2 Å². The van der Waals surface area contributed by atoms with Crippen molar-refractivity contribution >= 4 is 23.6 Å². The highest BCUT2D eigenvalue weighted by Crippen LogP contribution is 2.18. The van der Waals surface area contributed by atoms with E-state index in [0.29, 0.717) is 17.7 Å². The Balaban J connectivity index is 2.05. The molecule has 0 aliphatic rings. The number of hydrogen-bond donors (Lipinski definition) is 2. The Morgan fingerprint density at radius 2 is 1.95 bits per heavy atom. The zero-order valence-electron chi connectivity index (χ0n) is 12.4. The highest BCUT2D eigenvalue weighted by Gasteiger charge is 2.20. The van der Waals surface area contributed by atoms with E-state index in [1.807, 2.05) is 30.5 Å². The fourth-order valence-corrected chi connectivity index (χ4v) is 2.49. The Morgan fingerprint density at radius 3 is 2.55 bits per heavy atom. The van der Waals surface area contributed by atoms with E-state index in [0.717, 1.165) is 10.5 Å². The van der Waals surface area contributed by atoms with Crippen LogP contribution in [0.2, 0.25) is 0 Å². The molecule has 2 N–H and O–H groups in total. The average molecular weight is 319 g/mol. The second kappa shape index (κ2) is 7.17. The van der Waals surface area contributed by atoms with Gasteiger partial charge in [0.1, 0.15) is 12.2 Å². The van der Waals surface area contributed by atoms with Crippen molar-refractivity contribution in [1.29, 1.82) is 0 Å². The van der Waals surface area contributed by atoms with Crippen molar-refractivity contribution in [2.75, 3.05) is 6.26 Å². The number of carboxylic acids is 1. The van der Waals surface area contributed by atoms with Crippen LogP contribution in [0.1, 0.15) is 27.2 Å². The van der Waals surface area contributed by atoms with Gasteiger partial charge in [-0.1, -0.05) is 12.1 Å². The molecule has 6 heteroatoms. The molecule has 0 fully saturated rings. The van der Waals surface area contributed by atoms with Crippen molar-refractivity contribution in [2.24, 2.45) is 0 Å². The first-order chi connectivity index (χ1) is 10.5. The topological polar surface area (TPSA) is 79.5 Å². The average Bonchev–Trinajstić information content (AvgIpc) is 2.85. The zero-order valence-corrected chi connectivity index (χ0v) is 13.2. The smallest absolute Gasteiger partial charge is 0.311 e. The third-order valence-electron chi connectivity index (χ3n) is 3.20. The van der Waals surface area contributed by atoms with Gasteiger partial charge >= 0.3 is 5.97 Å². The molecule has 0 saturated heterocycles. The van der Waals surface area contributed by atoms with E-state index in [9.17, 15) is 9.59 Å². The number of nitrogens with one attached hydrogen (secondary N) is 1. The molecule has 2 aromatic rings. The number of benzene rings is 1. The van der Waals surface area contributed by atoms with Gasteiger partial charge in [-0.2, -0.15) is 0 Å². The fourth-order valence-electron chi connectivity index (χ4n) is 2.08. The largest absolute Gasteiger partial charge is 0.481 e. The number of carbonyl (C=O) groups is 2. The Labute approximate surface area is 132 Å². The van der Waals surface area contributed by atoms with Crippen LogP contribution in [0.25, 0.3) is 0 Å². The van der Waals surface area contributed by atoms with E-state index >= 15 is 0 Å². The number of rotatable bonds is 6. The second-order valence-corrected chi connectivity index (χ2v) is 5.70. The normalized spacial score (nSPS) is 10.5. The van der Waals surface area contributed by atoms with E-state index in [1.54, 1.807) is 18.7 Å². The first-order valence-corrected chi connectivity index (χ1v) is 7.93. The molecule has 1 amide bonds. The quantitative estimate of drug-likeness (QED) is 0.800. The molecule has 0 saturated carbocycles. The lowest BCUT2D eigenvalue weighted by Gasteiger charge is -2.07. The third-order valence-corrected chi connectivity index (χ3v) is 3.95. The summed E-state index contributed by atoms with van der Waals surface area (Å²) in [5.41, 5.74) is 1.92. The van der Waals surface area contributed by atoms with Gasteiger partial charge in [-0.15, -0.1) is 11.8 Å². The van der Waals surface area contributed by atoms with Crippen LogP contribution >= 0.6 is 11.8 Å². The van der Waals surface area contributed by atoms with Crippen LogP contribution in [-0.2, 0) is 17.8 Å². The lowest BCUT2D eigenvalue weighted by Crippen LogP contribution is -2.24. The maximum atomic E-state index is 12.3. The summed E-state index contributed by atoms with van der Waals surface area (Å²) < 4.78 is 5.17. The maximum absolute atomic E-state index is 12.3. The number of carbonyl (C=O) groups excluding carboxylic acids is 1. The standard InChI is InChI=1S/C16H17NO4S/c1-10-9-21-13(7-14(18)19)15(10)16(20)17-8-11-3-5-12(22-2)6-4-11/h3-6,9H,7-8H2,1-2H3,(H,17,20)(H,18,19). The molecular formula is C16H17NO4S. The van der Waals surface area contributed by atoms with E-state index < -0.39 is 5.97 Å². The van der Waals surface area contributed by atoms with Gasteiger partial charge in [-0.05, 0) is 30.9 Å². The summed E-state index contributed by atoms with van der Waals surface area (Å²) in [5.74, 6) is -1.17. The van der Waals surface area contributed by atoms with Crippen molar-refractivity contribution in [3.8, 4) is 0 Å². The summed E-state index contributed by atoms with van der Waals surface area (Å²) in [7, 11) is 0. The SMILES string of the molecule is CSc1ccc(CNC(=O)c2c(C)coc2CC(=O)O)cc1. The van der Waals surface area contributed by atoms with Crippen LogP contribution in [0, 0.1) is 6.92 Å². The number of amides is 1. The number of aryl methyl sites for hydroxylation is 1. The molecule has 1 aromatic heterocycles. The molecule has 5 nitrogen and oxygen atoms in total. The van der Waals surface area contributed by atoms with Crippen molar-refractivity contribution in [3.63, 3.8) is 0 Å². The van der Waals surface area contributed by atoms with Gasteiger partial charge in [-0.3, -0.25) is 9.59 Å². The lowest BCUT2D eigenvalue weighted by molar-refractivity contribution is -0.136. The maximum Gasteiger partial charge on any atom is 0.311 e. The summed E-state index contributed by atoms with van der Waals surface area (Å²) in [6, 6.07) is 7.88. The van der Waals surface area contributed by atoms with Gasteiger partial charge < -0.3 is 14.8 Å². The third kappa shape index (κ3) is 3.92. The van der Waals surface area contributed by atoms with Gasteiger partial charge in [0.2, 0.25) is 0 Å². The molecular weight excluding hydrogens is 302 g/mol. The van der Waals surface area contributed by atoms with Crippen LogP contribution in [0.4, 0.5) is 0 Å². The summed E-state index contributed by atoms with van der Waals surface area (Å²) in [5, 5.41) is 11.6. The molecule has 0 aliphatic carbocycles. The minimum atomic E-state index is -1.03. The second-order valence-electron chi connectivity index (χ2n) is 4.82. The Morgan fingerprint density at radius 1 is 1.27 bits per heavy atom. The number of furan rings is 1. The number of aliphatic carboxylic acids is 1. The van der Waals surface area contributed by atoms with Gasteiger partial charge in [0.15, 0.2) is 0 Å². The Hall–Kier alpha value is -2.21. The monoisotopic (exact) mass is 319 g/mol. The molecule has 0 atom stereocenters. The zero-order chi connectivity index (χ0) is 16.1. The number of thioether (sulfide) groups is 1. The first kappa shape index (κ1) is 16.2. The minimum absolute atomic E-state index is 0.181. The van der Waals surface area contributed by atoms with E-state index in [2.05, 4.69) is 5.32 Å². The Kier molecular flexibility index (Phi) is 5.27. The van der Waals surface area contributed by atoms with E-state index in [1.165, 1.54) is 6.26 Å². The molecule has 1 heterocycles. The molecule has 2 rings (SSSR count). The fraction of sp³-hybridized carbons (Fsp3) is 0.250. The van der Waals surface area contributed by atoms with Crippen LogP contribution < -0.4 is 5.32 Å². The van der Waals surface area contributed by atoms with Gasteiger partial charge in [-0.25, -0.2) is 0 Å². The van der Waals surface area contributed by atoms with Crippen LogP contribution in [0.15, 0.2) is 39.8 Å². The van der Waals surface area contributed by atoms with Crippen LogP contribution in [0.3, 0.4) is 0 Å². The summed E-state index contributed by atoms with van der Waals surface area (Å²) in [6.45, 7) is 2.10. The van der Waals surface area contributed by atoms with Crippen molar-refractivity contribution in [3.05, 3.63) is 53.0 Å². The Bertz CT molecular complexity index is 676. The molecule has 116 valence electrons. The van der Waals surface area contributed by atoms with Crippen LogP contribution in [0.5, 0.6) is 0 Å². The highest BCUT2D eigenvalue weighted by atomic mass is 32.2. The van der Waals surface area contributed by atoms with E-state index in [4.69, 9.17) is 9.52 Å². The molecule has 0 radical (unpaired) electrons. The number of hydrogen-bond acceptors (Lipinski definition) is 4. The highest BCUT2D eigenvalue weighted by molar-refractivity contribution is 7.98. The summed E-state index contributed by atoms with van der Waals surface area (Å²) in [4.78, 5) is 24.2. The first-order valence-electron chi connectivity index (χ1n) is 6.71. The predicted molar refractivity (Wildman–Crippen MR) is 84.2 cm³/mol. The lowest BCUT2D eigenvalue weighted by atomic mass is 10.1. The predicted octanol–water partition coefficient (Wildman–Crippen LogP) is 2.87. The van der Waals surface area contributed by atoms with Gasteiger partial charge in [0.05, 0.1) is 11.8 Å². The molecule has 0 unspecified atom stereocenters. The van der Waals surface area contributed by atoms with Crippen molar-refractivity contribution < 1.29 is 19.1 Å².